The Morgan fingerprint density at radius 3 is 2.61 bits per heavy atom. The van der Waals surface area contributed by atoms with Crippen LogP contribution in [0.1, 0.15) is 49.7 Å². The Labute approximate surface area is 164 Å². The summed E-state index contributed by atoms with van der Waals surface area (Å²) in [7, 11) is 0. The second-order valence-electron chi connectivity index (χ2n) is 8.54. The van der Waals surface area contributed by atoms with E-state index in [0.29, 0.717) is 17.0 Å². The molecule has 2 aromatic heterocycles. The van der Waals surface area contributed by atoms with Gasteiger partial charge in [-0.3, -0.25) is 19.4 Å². The van der Waals surface area contributed by atoms with Crippen molar-refractivity contribution in [2.24, 2.45) is 5.92 Å². The Kier molecular flexibility index (Phi) is 4.83. The Morgan fingerprint density at radius 1 is 1.14 bits per heavy atom. The predicted molar refractivity (Wildman–Crippen MR) is 107 cm³/mol. The maximum Gasteiger partial charge on any atom is 0.256 e. The zero-order valence-electron chi connectivity index (χ0n) is 16.7. The fraction of sp³-hybridized carbons (Fsp3) is 0.476. The van der Waals surface area contributed by atoms with E-state index < -0.39 is 0 Å². The van der Waals surface area contributed by atoms with Gasteiger partial charge in [-0.2, -0.15) is 0 Å². The highest BCUT2D eigenvalue weighted by Gasteiger charge is 2.26. The second kappa shape index (κ2) is 7.30. The molecule has 7 nitrogen and oxygen atoms in total. The van der Waals surface area contributed by atoms with Gasteiger partial charge in [0.15, 0.2) is 0 Å². The van der Waals surface area contributed by atoms with Crippen LogP contribution in [0.4, 0.5) is 0 Å². The van der Waals surface area contributed by atoms with Gasteiger partial charge in [0.1, 0.15) is 5.52 Å². The first-order chi connectivity index (χ1) is 13.4. The quantitative estimate of drug-likeness (QED) is 0.700. The number of carbonyl (C=O) groups is 1. The number of aromatic nitrogens is 5. The maximum absolute atomic E-state index is 13.0. The molecule has 0 atom stereocenters. The number of para-hydroxylation sites is 1. The lowest BCUT2D eigenvalue weighted by Crippen LogP contribution is -2.39. The number of fused-ring (bicyclic) bond motifs is 1. The van der Waals surface area contributed by atoms with E-state index in [1.165, 1.54) is 0 Å². The van der Waals surface area contributed by atoms with Gasteiger partial charge < -0.3 is 4.90 Å². The number of nitrogens with zero attached hydrogens (tertiary/aromatic N) is 6. The molecule has 0 N–H and O–H groups in total. The fourth-order valence-electron chi connectivity index (χ4n) is 3.65. The molecule has 0 spiro atoms. The molecule has 1 aliphatic rings. The van der Waals surface area contributed by atoms with Crippen LogP contribution < -0.4 is 0 Å². The van der Waals surface area contributed by atoms with Crippen LogP contribution in [0.3, 0.4) is 0 Å². The van der Waals surface area contributed by atoms with Crippen molar-refractivity contribution in [3.8, 4) is 0 Å². The zero-order valence-corrected chi connectivity index (χ0v) is 16.7. The topological polar surface area (TPSA) is 76.8 Å². The minimum absolute atomic E-state index is 0.00931. The fourth-order valence-corrected chi connectivity index (χ4v) is 3.65. The molecule has 28 heavy (non-hydrogen) atoms. The van der Waals surface area contributed by atoms with Crippen molar-refractivity contribution < 1.29 is 4.79 Å². The van der Waals surface area contributed by atoms with Crippen LogP contribution >= 0.6 is 0 Å². The third kappa shape index (κ3) is 3.74. The van der Waals surface area contributed by atoms with E-state index in [0.717, 1.165) is 43.7 Å². The van der Waals surface area contributed by atoms with Gasteiger partial charge in [0.25, 0.3) is 5.91 Å². The van der Waals surface area contributed by atoms with E-state index in [-0.39, 0.29) is 11.3 Å². The van der Waals surface area contributed by atoms with E-state index >= 15 is 0 Å². The molecular formula is C21H26N6O. The van der Waals surface area contributed by atoms with E-state index in [4.69, 9.17) is 0 Å². The maximum atomic E-state index is 13.0. The third-order valence-corrected chi connectivity index (χ3v) is 5.38. The summed E-state index contributed by atoms with van der Waals surface area (Å²) < 4.78 is 1.95. The number of hydrogen-bond acceptors (Lipinski definition) is 5. The van der Waals surface area contributed by atoms with Crippen molar-refractivity contribution in [1.82, 2.24) is 29.9 Å². The van der Waals surface area contributed by atoms with Crippen molar-refractivity contribution >= 4 is 16.9 Å². The lowest BCUT2D eigenvalue weighted by molar-refractivity contribution is 0.0682. The molecule has 7 heteroatoms. The summed E-state index contributed by atoms with van der Waals surface area (Å²) in [6, 6.07) is 5.60. The molecule has 146 valence electrons. The first kappa shape index (κ1) is 18.5. The summed E-state index contributed by atoms with van der Waals surface area (Å²) in [6.45, 7) is 8.78. The molecule has 1 aromatic carbocycles. The first-order valence-electron chi connectivity index (χ1n) is 9.81. The van der Waals surface area contributed by atoms with Crippen molar-refractivity contribution in [2.45, 2.75) is 45.6 Å². The number of piperidine rings is 1. The number of rotatable bonds is 3. The van der Waals surface area contributed by atoms with Gasteiger partial charge in [-0.1, -0.05) is 32.1 Å². The molecule has 3 aromatic rings. The highest BCUT2D eigenvalue weighted by molar-refractivity contribution is 6.04. The summed E-state index contributed by atoms with van der Waals surface area (Å²) in [5.74, 6) is 0.547. The Morgan fingerprint density at radius 2 is 1.89 bits per heavy atom. The smallest absolute Gasteiger partial charge is 0.256 e. The lowest BCUT2D eigenvalue weighted by atomic mass is 9.93. The van der Waals surface area contributed by atoms with Gasteiger partial charge in [-0.15, -0.1) is 5.10 Å². The highest BCUT2D eigenvalue weighted by Crippen LogP contribution is 2.24. The van der Waals surface area contributed by atoms with E-state index in [9.17, 15) is 4.79 Å². The highest BCUT2D eigenvalue weighted by atomic mass is 16.2. The largest absolute Gasteiger partial charge is 0.339 e. The van der Waals surface area contributed by atoms with Crippen LogP contribution in [0.2, 0.25) is 0 Å². The molecule has 0 aliphatic carbocycles. The summed E-state index contributed by atoms with van der Waals surface area (Å²) >= 11 is 0. The van der Waals surface area contributed by atoms with Crippen LogP contribution in [0, 0.1) is 5.92 Å². The number of carbonyl (C=O) groups excluding carboxylic acids is 1. The predicted octanol–water partition coefficient (Wildman–Crippen LogP) is 3.07. The van der Waals surface area contributed by atoms with Crippen LogP contribution in [0.5, 0.6) is 0 Å². The molecule has 0 bridgehead atoms. The van der Waals surface area contributed by atoms with Gasteiger partial charge in [0, 0.05) is 43.6 Å². The standard InChI is InChI=1S/C21H26N6O/c1-21(2,3)18-14-27(25-24-18)13-15-7-11-26(12-8-15)20(28)16-5-4-6-17-19(16)23-10-9-22-17/h4-6,9-10,14-15H,7-8,11-13H2,1-3H3. The molecular weight excluding hydrogens is 352 g/mol. The van der Waals surface area contributed by atoms with Crippen molar-refractivity contribution in [3.05, 3.63) is 48.0 Å². The second-order valence-corrected chi connectivity index (χ2v) is 8.54. The van der Waals surface area contributed by atoms with Crippen molar-refractivity contribution in [3.63, 3.8) is 0 Å². The normalized spacial score (nSPS) is 15.9. The molecule has 0 radical (unpaired) electrons. The number of hydrogen-bond donors (Lipinski definition) is 0. The van der Waals surface area contributed by atoms with E-state index in [1.54, 1.807) is 12.4 Å². The van der Waals surface area contributed by atoms with Crippen molar-refractivity contribution in [2.75, 3.05) is 13.1 Å². The average molecular weight is 378 g/mol. The minimum Gasteiger partial charge on any atom is -0.339 e. The lowest BCUT2D eigenvalue weighted by Gasteiger charge is -2.32. The van der Waals surface area contributed by atoms with Gasteiger partial charge >= 0.3 is 0 Å². The molecule has 3 heterocycles. The summed E-state index contributed by atoms with van der Waals surface area (Å²) in [6.07, 6.45) is 7.26. The van der Waals surface area contributed by atoms with Crippen LogP contribution in [-0.4, -0.2) is 48.9 Å². The number of likely N-dealkylation sites (tertiary alicyclic amines) is 1. The summed E-state index contributed by atoms with van der Waals surface area (Å²) in [5.41, 5.74) is 3.08. The van der Waals surface area contributed by atoms with Crippen LogP contribution in [-0.2, 0) is 12.0 Å². The molecule has 1 aliphatic heterocycles. The molecule has 1 saturated heterocycles. The first-order valence-corrected chi connectivity index (χ1v) is 9.81. The molecule has 1 amide bonds. The van der Waals surface area contributed by atoms with Gasteiger partial charge in [-0.05, 0) is 30.9 Å². The minimum atomic E-state index is 0.00931. The molecule has 1 fully saturated rings. The summed E-state index contributed by atoms with van der Waals surface area (Å²) in [4.78, 5) is 23.6. The van der Waals surface area contributed by atoms with Crippen molar-refractivity contribution in [1.29, 1.82) is 0 Å². The molecule has 4 rings (SSSR count). The summed E-state index contributed by atoms with van der Waals surface area (Å²) in [5, 5.41) is 8.58. The number of amides is 1. The van der Waals surface area contributed by atoms with E-state index in [1.807, 2.05) is 34.0 Å². The SMILES string of the molecule is CC(C)(C)c1cn(CC2CCN(C(=O)c3cccc4nccnc34)CC2)nn1. The van der Waals surface area contributed by atoms with Crippen LogP contribution in [0.25, 0.3) is 11.0 Å². The number of benzene rings is 1. The average Bonchev–Trinajstić information content (AvgIpc) is 3.17. The third-order valence-electron chi connectivity index (χ3n) is 5.38. The molecule has 0 unspecified atom stereocenters. The Balaban J connectivity index is 1.40. The zero-order chi connectivity index (χ0) is 19.7. The van der Waals surface area contributed by atoms with Gasteiger partial charge in [0.2, 0.25) is 0 Å². The Bertz CT molecular complexity index is 976. The van der Waals surface area contributed by atoms with Gasteiger partial charge in [-0.25, -0.2) is 0 Å². The van der Waals surface area contributed by atoms with Gasteiger partial charge in [0.05, 0.1) is 16.8 Å². The Hall–Kier alpha value is -2.83. The van der Waals surface area contributed by atoms with Crippen LogP contribution in [0.15, 0.2) is 36.8 Å². The monoisotopic (exact) mass is 378 g/mol. The molecule has 0 saturated carbocycles. The van der Waals surface area contributed by atoms with E-state index in [2.05, 4.69) is 41.1 Å².